The van der Waals surface area contributed by atoms with Crippen LogP contribution < -0.4 is 4.74 Å². The number of hydrogen-bond donors (Lipinski definition) is 0. The summed E-state index contributed by atoms with van der Waals surface area (Å²) in [5, 5.41) is 0. The number of alkyl halides is 3. The summed E-state index contributed by atoms with van der Waals surface area (Å²) in [7, 11) is 1.38. The van der Waals surface area contributed by atoms with Gasteiger partial charge >= 0.3 is 6.18 Å². The number of benzene rings is 1. The molecule has 100 valence electrons. The molecule has 3 nitrogen and oxygen atoms in total. The Morgan fingerprint density at radius 3 is 2.50 bits per heavy atom. The van der Waals surface area contributed by atoms with Gasteiger partial charge in [0.15, 0.2) is 11.9 Å². The van der Waals surface area contributed by atoms with Gasteiger partial charge in [-0.3, -0.25) is 4.79 Å². The Labute approximate surface area is 103 Å². The molecule has 1 unspecified atom stereocenters. The van der Waals surface area contributed by atoms with Crippen molar-refractivity contribution in [3.05, 3.63) is 29.8 Å². The Bertz CT molecular complexity index is 415. The Balaban J connectivity index is 2.66. The van der Waals surface area contributed by atoms with Crippen molar-refractivity contribution in [1.82, 2.24) is 0 Å². The lowest BCUT2D eigenvalue weighted by atomic mass is 10.1. The van der Waals surface area contributed by atoms with Gasteiger partial charge in [0.2, 0.25) is 0 Å². The molecule has 0 saturated heterocycles. The van der Waals surface area contributed by atoms with Crippen LogP contribution in [0.2, 0.25) is 0 Å². The number of ether oxygens (including phenoxy) is 2. The highest BCUT2D eigenvalue weighted by Crippen LogP contribution is 2.23. The van der Waals surface area contributed by atoms with Crippen molar-refractivity contribution < 1.29 is 27.4 Å². The zero-order valence-electron chi connectivity index (χ0n) is 9.95. The second kappa shape index (κ2) is 5.86. The van der Waals surface area contributed by atoms with Crippen LogP contribution in [0.3, 0.4) is 0 Å². The first-order valence-corrected chi connectivity index (χ1v) is 5.20. The van der Waals surface area contributed by atoms with E-state index in [1.807, 2.05) is 0 Å². The van der Waals surface area contributed by atoms with Crippen LogP contribution in [-0.2, 0) is 4.74 Å². The fourth-order valence-electron chi connectivity index (χ4n) is 1.25. The van der Waals surface area contributed by atoms with Crippen LogP contribution in [0.5, 0.6) is 5.75 Å². The molecule has 0 aliphatic carbocycles. The molecule has 0 radical (unpaired) electrons. The lowest BCUT2D eigenvalue weighted by Crippen LogP contribution is -2.30. The van der Waals surface area contributed by atoms with Crippen molar-refractivity contribution in [1.29, 1.82) is 0 Å². The van der Waals surface area contributed by atoms with Crippen molar-refractivity contribution >= 4 is 5.78 Å². The van der Waals surface area contributed by atoms with E-state index in [0.29, 0.717) is 5.75 Å². The minimum Gasteiger partial charge on any atom is -0.496 e. The van der Waals surface area contributed by atoms with Crippen molar-refractivity contribution in [2.75, 3.05) is 13.7 Å². The summed E-state index contributed by atoms with van der Waals surface area (Å²) in [4.78, 5) is 11.7. The van der Waals surface area contributed by atoms with Gasteiger partial charge in [0.1, 0.15) is 12.4 Å². The zero-order valence-corrected chi connectivity index (χ0v) is 9.95. The van der Waals surface area contributed by atoms with E-state index in [1.54, 1.807) is 18.2 Å². The van der Waals surface area contributed by atoms with E-state index in [-0.39, 0.29) is 5.56 Å². The number of halogens is 3. The molecule has 0 fully saturated rings. The van der Waals surface area contributed by atoms with Gasteiger partial charge in [-0.25, -0.2) is 0 Å². The first kappa shape index (κ1) is 14.5. The number of Topliss-reactive ketones (excluding diaryl/α,β-unsaturated/α-hetero) is 1. The summed E-state index contributed by atoms with van der Waals surface area (Å²) in [6.07, 6.45) is -6.45. The van der Waals surface area contributed by atoms with Crippen LogP contribution >= 0.6 is 0 Å². The van der Waals surface area contributed by atoms with Gasteiger partial charge in [-0.15, -0.1) is 0 Å². The lowest BCUT2D eigenvalue weighted by Gasteiger charge is -2.16. The van der Waals surface area contributed by atoms with Gasteiger partial charge in [-0.2, -0.15) is 13.2 Å². The van der Waals surface area contributed by atoms with E-state index in [0.717, 1.165) is 6.92 Å². The van der Waals surface area contributed by atoms with E-state index >= 15 is 0 Å². The fraction of sp³-hybridized carbons (Fsp3) is 0.417. The van der Waals surface area contributed by atoms with Gasteiger partial charge < -0.3 is 9.47 Å². The predicted molar refractivity (Wildman–Crippen MR) is 58.8 cm³/mol. The minimum absolute atomic E-state index is 0.203. The van der Waals surface area contributed by atoms with E-state index < -0.39 is 24.7 Å². The third kappa shape index (κ3) is 3.73. The highest BCUT2D eigenvalue weighted by atomic mass is 19.4. The maximum Gasteiger partial charge on any atom is 0.414 e. The summed E-state index contributed by atoms with van der Waals surface area (Å²) in [5.74, 6) is -0.241. The molecule has 1 rings (SSSR count). The molecule has 0 amide bonds. The Hall–Kier alpha value is -1.56. The molecule has 0 spiro atoms. The number of carbonyl (C=O) groups excluding carboxylic acids is 1. The molecule has 0 heterocycles. The van der Waals surface area contributed by atoms with Gasteiger partial charge in [0.05, 0.1) is 12.7 Å². The molecule has 1 atom stereocenters. The number of carbonyl (C=O) groups is 1. The zero-order chi connectivity index (χ0) is 13.8. The van der Waals surface area contributed by atoms with Gasteiger partial charge in [0.25, 0.3) is 0 Å². The van der Waals surface area contributed by atoms with Gasteiger partial charge in [-0.05, 0) is 19.1 Å². The third-order valence-corrected chi connectivity index (χ3v) is 2.33. The largest absolute Gasteiger partial charge is 0.496 e. The molecule has 1 aromatic rings. The van der Waals surface area contributed by atoms with Crippen LogP contribution in [0.4, 0.5) is 13.2 Å². The highest BCUT2D eigenvalue weighted by molar-refractivity contribution is 5.99. The first-order valence-electron chi connectivity index (χ1n) is 5.20. The predicted octanol–water partition coefficient (Wildman–Crippen LogP) is 2.85. The maximum atomic E-state index is 12.2. The van der Waals surface area contributed by atoms with Crippen LogP contribution in [0.25, 0.3) is 0 Å². The van der Waals surface area contributed by atoms with E-state index in [1.165, 1.54) is 13.2 Å². The van der Waals surface area contributed by atoms with Crippen LogP contribution in [-0.4, -0.2) is 31.8 Å². The second-order valence-corrected chi connectivity index (χ2v) is 3.62. The van der Waals surface area contributed by atoms with Crippen LogP contribution in [0, 0.1) is 0 Å². The Morgan fingerprint density at radius 2 is 1.94 bits per heavy atom. The smallest absolute Gasteiger partial charge is 0.414 e. The van der Waals surface area contributed by atoms with Crippen molar-refractivity contribution in [3.8, 4) is 5.75 Å². The molecule has 0 saturated carbocycles. The molecule has 0 aliphatic rings. The van der Waals surface area contributed by atoms with Crippen molar-refractivity contribution in [2.45, 2.75) is 19.2 Å². The van der Waals surface area contributed by atoms with Crippen LogP contribution in [0.1, 0.15) is 17.3 Å². The molecule has 0 aromatic heterocycles. The molecular formula is C12H13F3O3. The van der Waals surface area contributed by atoms with E-state index in [9.17, 15) is 18.0 Å². The Kier molecular flexibility index (Phi) is 4.72. The molecule has 0 bridgehead atoms. The molecule has 18 heavy (non-hydrogen) atoms. The number of para-hydroxylation sites is 1. The summed E-state index contributed by atoms with van der Waals surface area (Å²) in [5.41, 5.74) is 0.203. The summed E-state index contributed by atoms with van der Waals surface area (Å²) in [6, 6.07) is 6.29. The van der Waals surface area contributed by atoms with Gasteiger partial charge in [0, 0.05) is 0 Å². The topological polar surface area (TPSA) is 35.5 Å². The average Bonchev–Trinajstić information content (AvgIpc) is 2.34. The highest BCUT2D eigenvalue weighted by Gasteiger charge is 2.37. The number of rotatable bonds is 5. The van der Waals surface area contributed by atoms with E-state index in [2.05, 4.69) is 4.74 Å². The SMILES string of the molecule is COc1ccccc1C(=O)COC(C)C(F)(F)F. The summed E-state index contributed by atoms with van der Waals surface area (Å²) < 4.78 is 46.0. The normalized spacial score (nSPS) is 13.2. The number of methoxy groups -OCH3 is 1. The molecule has 6 heteroatoms. The monoisotopic (exact) mass is 262 g/mol. The Morgan fingerprint density at radius 1 is 1.33 bits per heavy atom. The fourth-order valence-corrected chi connectivity index (χ4v) is 1.25. The number of ketones is 1. The lowest BCUT2D eigenvalue weighted by molar-refractivity contribution is -0.210. The summed E-state index contributed by atoms with van der Waals surface area (Å²) in [6.45, 7) is 0.219. The molecule has 0 aliphatic heterocycles. The third-order valence-electron chi connectivity index (χ3n) is 2.33. The standard InChI is InChI=1S/C12H13F3O3/c1-8(12(13,14)15)18-7-10(16)9-5-3-4-6-11(9)17-2/h3-6,8H,7H2,1-2H3. The second-order valence-electron chi connectivity index (χ2n) is 3.62. The minimum atomic E-state index is -4.47. The molecule has 0 N–H and O–H groups in total. The maximum absolute atomic E-state index is 12.2. The summed E-state index contributed by atoms with van der Waals surface area (Å²) >= 11 is 0. The van der Waals surface area contributed by atoms with Crippen LogP contribution in [0.15, 0.2) is 24.3 Å². The molecular weight excluding hydrogens is 249 g/mol. The van der Waals surface area contributed by atoms with Crippen molar-refractivity contribution in [2.24, 2.45) is 0 Å². The van der Waals surface area contributed by atoms with E-state index in [4.69, 9.17) is 4.74 Å². The van der Waals surface area contributed by atoms with Crippen molar-refractivity contribution in [3.63, 3.8) is 0 Å². The number of hydrogen-bond acceptors (Lipinski definition) is 3. The van der Waals surface area contributed by atoms with Gasteiger partial charge in [-0.1, -0.05) is 12.1 Å². The quantitative estimate of drug-likeness (QED) is 0.765. The first-order chi connectivity index (χ1) is 8.36. The molecule has 1 aromatic carbocycles. The average molecular weight is 262 g/mol.